The van der Waals surface area contributed by atoms with Crippen LogP contribution in [-0.2, 0) is 10.0 Å². The van der Waals surface area contributed by atoms with Gasteiger partial charge in [-0.2, -0.15) is 0 Å². The van der Waals surface area contributed by atoms with E-state index >= 15 is 0 Å². The minimum absolute atomic E-state index is 0.00866. The van der Waals surface area contributed by atoms with Crippen molar-refractivity contribution < 1.29 is 12.8 Å². The van der Waals surface area contributed by atoms with Gasteiger partial charge in [0.1, 0.15) is 11.6 Å². The number of pyridine rings is 1. The zero-order chi connectivity index (χ0) is 14.0. The predicted octanol–water partition coefficient (Wildman–Crippen LogP) is 2.26. The number of sulfonamides is 1. The van der Waals surface area contributed by atoms with E-state index in [-0.39, 0.29) is 21.4 Å². The summed E-state index contributed by atoms with van der Waals surface area (Å²) in [5, 5.41) is 0.134. The van der Waals surface area contributed by atoms with E-state index in [2.05, 4.69) is 9.71 Å². The summed E-state index contributed by atoms with van der Waals surface area (Å²) >= 11 is 5.76. The van der Waals surface area contributed by atoms with Crippen molar-refractivity contribution in [1.29, 1.82) is 0 Å². The van der Waals surface area contributed by atoms with Crippen LogP contribution in [0.25, 0.3) is 0 Å². The molecule has 0 atom stereocenters. The van der Waals surface area contributed by atoms with Gasteiger partial charge in [0, 0.05) is 0 Å². The number of aromatic nitrogens is 1. The van der Waals surface area contributed by atoms with E-state index in [1.165, 1.54) is 24.3 Å². The summed E-state index contributed by atoms with van der Waals surface area (Å²) in [6.07, 6.45) is 0.911. The molecule has 5 nitrogen and oxygen atoms in total. The monoisotopic (exact) mass is 301 g/mol. The quantitative estimate of drug-likeness (QED) is 0.852. The first kappa shape index (κ1) is 13.6. The molecule has 0 aliphatic rings. The molecule has 100 valence electrons. The lowest BCUT2D eigenvalue weighted by atomic mass is 10.3. The maximum Gasteiger partial charge on any atom is 0.263 e. The highest BCUT2D eigenvalue weighted by Crippen LogP contribution is 2.23. The Morgan fingerprint density at radius 2 is 2.00 bits per heavy atom. The molecule has 0 amide bonds. The maximum atomic E-state index is 12.7. The Hall–Kier alpha value is -1.86. The van der Waals surface area contributed by atoms with Gasteiger partial charge in [0.05, 0.1) is 21.8 Å². The van der Waals surface area contributed by atoms with E-state index in [9.17, 15) is 12.8 Å². The van der Waals surface area contributed by atoms with Crippen molar-refractivity contribution in [2.75, 3.05) is 10.5 Å². The number of nitrogens with one attached hydrogen (secondary N) is 1. The Morgan fingerprint density at radius 1 is 1.26 bits per heavy atom. The van der Waals surface area contributed by atoms with Gasteiger partial charge >= 0.3 is 0 Å². The van der Waals surface area contributed by atoms with Gasteiger partial charge in [0.25, 0.3) is 10.0 Å². The van der Waals surface area contributed by atoms with Crippen molar-refractivity contribution in [1.82, 2.24) is 4.98 Å². The van der Waals surface area contributed by atoms with E-state index in [1.54, 1.807) is 0 Å². The van der Waals surface area contributed by atoms with Crippen LogP contribution in [0.2, 0.25) is 5.02 Å². The van der Waals surface area contributed by atoms with E-state index in [4.69, 9.17) is 17.3 Å². The zero-order valence-electron chi connectivity index (χ0n) is 9.47. The molecule has 8 heteroatoms. The van der Waals surface area contributed by atoms with Crippen LogP contribution in [0.1, 0.15) is 0 Å². The molecule has 0 bridgehead atoms. The second-order valence-electron chi connectivity index (χ2n) is 3.65. The highest BCUT2D eigenvalue weighted by molar-refractivity contribution is 7.92. The summed E-state index contributed by atoms with van der Waals surface area (Å²) in [5.74, 6) is -0.548. The van der Waals surface area contributed by atoms with Crippen LogP contribution in [0.15, 0.2) is 41.4 Å². The van der Waals surface area contributed by atoms with Crippen LogP contribution in [-0.4, -0.2) is 13.4 Å². The smallest absolute Gasteiger partial charge is 0.263 e. The normalized spacial score (nSPS) is 11.3. The first-order valence-corrected chi connectivity index (χ1v) is 6.94. The second kappa shape index (κ2) is 5.02. The molecule has 0 saturated heterocycles. The van der Waals surface area contributed by atoms with Crippen molar-refractivity contribution in [3.63, 3.8) is 0 Å². The number of hydrogen-bond acceptors (Lipinski definition) is 4. The van der Waals surface area contributed by atoms with E-state index in [0.717, 1.165) is 12.3 Å². The standard InChI is InChI=1S/C11H9ClFN3O2S/c12-9-5-8(2-3-10(9)14)19(17,18)16-11-4-1-7(13)6-15-11/h1-6H,14H2,(H,15,16). The number of halogens is 2. The van der Waals surface area contributed by atoms with Crippen molar-refractivity contribution in [2.24, 2.45) is 0 Å². The van der Waals surface area contributed by atoms with Gasteiger partial charge in [-0.3, -0.25) is 4.72 Å². The average molecular weight is 302 g/mol. The molecule has 2 aromatic rings. The lowest BCUT2D eigenvalue weighted by Crippen LogP contribution is -2.14. The summed E-state index contributed by atoms with van der Waals surface area (Å²) in [7, 11) is -3.84. The molecule has 0 saturated carbocycles. The van der Waals surface area contributed by atoms with Gasteiger partial charge in [-0.1, -0.05) is 11.6 Å². The van der Waals surface area contributed by atoms with Gasteiger partial charge < -0.3 is 5.73 Å². The Morgan fingerprint density at radius 3 is 2.58 bits per heavy atom. The fourth-order valence-corrected chi connectivity index (χ4v) is 2.59. The van der Waals surface area contributed by atoms with Crippen LogP contribution < -0.4 is 10.5 Å². The molecular formula is C11H9ClFN3O2S. The van der Waals surface area contributed by atoms with Crippen LogP contribution in [0.3, 0.4) is 0 Å². The topological polar surface area (TPSA) is 85.1 Å². The van der Waals surface area contributed by atoms with Gasteiger partial charge in [-0.15, -0.1) is 0 Å². The summed E-state index contributed by atoms with van der Waals surface area (Å²) in [6, 6.07) is 6.23. The van der Waals surface area contributed by atoms with Gasteiger partial charge in [0.2, 0.25) is 0 Å². The van der Waals surface area contributed by atoms with Crippen molar-refractivity contribution in [3.05, 3.63) is 47.4 Å². The third-order valence-electron chi connectivity index (χ3n) is 2.25. The number of anilines is 2. The average Bonchev–Trinajstić information content (AvgIpc) is 2.35. The number of nitrogen functional groups attached to an aromatic ring is 1. The largest absolute Gasteiger partial charge is 0.398 e. The van der Waals surface area contributed by atoms with Crippen LogP contribution >= 0.6 is 11.6 Å². The molecule has 0 unspecified atom stereocenters. The number of rotatable bonds is 3. The number of nitrogens with two attached hydrogens (primary N) is 1. The minimum Gasteiger partial charge on any atom is -0.398 e. The van der Waals surface area contributed by atoms with Crippen LogP contribution in [0.4, 0.5) is 15.9 Å². The van der Waals surface area contributed by atoms with Crippen molar-refractivity contribution in [3.8, 4) is 0 Å². The molecule has 19 heavy (non-hydrogen) atoms. The Labute approximate surface area is 114 Å². The third kappa shape index (κ3) is 3.12. The molecule has 0 aliphatic carbocycles. The van der Waals surface area contributed by atoms with Crippen LogP contribution in [0.5, 0.6) is 0 Å². The van der Waals surface area contributed by atoms with E-state index in [1.807, 2.05) is 0 Å². The maximum absolute atomic E-state index is 12.7. The lowest BCUT2D eigenvalue weighted by molar-refractivity contribution is 0.600. The molecule has 0 aliphatic heterocycles. The van der Waals surface area contributed by atoms with E-state index < -0.39 is 15.8 Å². The molecule has 0 spiro atoms. The van der Waals surface area contributed by atoms with E-state index in [0.29, 0.717) is 0 Å². The molecule has 0 fully saturated rings. The van der Waals surface area contributed by atoms with Gasteiger partial charge in [-0.25, -0.2) is 17.8 Å². The second-order valence-corrected chi connectivity index (χ2v) is 5.74. The molecule has 0 radical (unpaired) electrons. The number of benzene rings is 1. The lowest BCUT2D eigenvalue weighted by Gasteiger charge is -2.08. The SMILES string of the molecule is Nc1ccc(S(=O)(=O)Nc2ccc(F)cn2)cc1Cl. The van der Waals surface area contributed by atoms with Crippen molar-refractivity contribution in [2.45, 2.75) is 4.90 Å². The first-order valence-electron chi connectivity index (χ1n) is 5.08. The summed E-state index contributed by atoms with van der Waals surface area (Å²) in [6.45, 7) is 0. The molecule has 1 aromatic heterocycles. The molecule has 1 heterocycles. The Kier molecular flexibility index (Phi) is 3.59. The first-order chi connectivity index (χ1) is 8.88. The third-order valence-corrected chi connectivity index (χ3v) is 3.93. The molecule has 2 rings (SSSR count). The fraction of sp³-hybridized carbons (Fsp3) is 0. The summed E-state index contributed by atoms with van der Waals surface area (Å²) in [4.78, 5) is 3.55. The highest BCUT2D eigenvalue weighted by atomic mass is 35.5. The van der Waals surface area contributed by atoms with Gasteiger partial charge in [-0.05, 0) is 30.3 Å². The Balaban J connectivity index is 2.32. The number of nitrogens with zero attached hydrogens (tertiary/aromatic N) is 1. The minimum atomic E-state index is -3.84. The number of hydrogen-bond donors (Lipinski definition) is 2. The Bertz CT molecular complexity index is 704. The highest BCUT2D eigenvalue weighted by Gasteiger charge is 2.16. The summed E-state index contributed by atoms with van der Waals surface area (Å²) in [5.41, 5.74) is 5.78. The molecular weight excluding hydrogens is 293 g/mol. The van der Waals surface area contributed by atoms with Crippen molar-refractivity contribution >= 4 is 33.1 Å². The zero-order valence-corrected chi connectivity index (χ0v) is 11.0. The van der Waals surface area contributed by atoms with Gasteiger partial charge in [0.15, 0.2) is 0 Å². The summed E-state index contributed by atoms with van der Waals surface area (Å²) < 4.78 is 38.9. The molecule has 1 aromatic carbocycles. The fourth-order valence-electron chi connectivity index (χ4n) is 1.31. The van der Waals surface area contributed by atoms with Crippen LogP contribution in [0, 0.1) is 5.82 Å². The molecule has 3 N–H and O–H groups in total. The predicted molar refractivity (Wildman–Crippen MR) is 70.9 cm³/mol.